The van der Waals surface area contributed by atoms with E-state index in [0.29, 0.717) is 22.3 Å². The van der Waals surface area contributed by atoms with E-state index in [2.05, 4.69) is 0 Å². The van der Waals surface area contributed by atoms with E-state index in [-0.39, 0.29) is 5.91 Å². The van der Waals surface area contributed by atoms with Gasteiger partial charge in [-0.3, -0.25) is 4.79 Å². The molecule has 1 aromatic rings. The van der Waals surface area contributed by atoms with Gasteiger partial charge in [0.25, 0.3) is 5.91 Å². The molecule has 2 rings (SSSR count). The van der Waals surface area contributed by atoms with Gasteiger partial charge in [-0.1, -0.05) is 11.6 Å². The third kappa shape index (κ3) is 2.69. The number of carbonyl (C=O) groups excluding carboxylic acids is 1. The molecule has 0 aromatic heterocycles. The minimum Gasteiger partial charge on any atom is -0.399 e. The number of nitrogen functional groups attached to an aromatic ring is 1. The van der Waals surface area contributed by atoms with Crippen LogP contribution in [0.4, 0.5) is 5.69 Å². The fourth-order valence-corrected chi connectivity index (χ4v) is 3.43. The van der Waals surface area contributed by atoms with E-state index in [4.69, 9.17) is 17.3 Å². The number of carbonyl (C=O) groups is 1. The lowest BCUT2D eigenvalue weighted by Gasteiger charge is -2.24. The standard InChI is InChI=1S/C12H15ClN2OS/c1-15(9-4-5-17-7-9)12(16)10-3-2-8(14)6-11(10)13/h2-3,6,9H,4-5,7,14H2,1H3. The summed E-state index contributed by atoms with van der Waals surface area (Å²) in [5, 5.41) is 0.424. The molecule has 1 aliphatic heterocycles. The normalized spacial score (nSPS) is 19.3. The summed E-state index contributed by atoms with van der Waals surface area (Å²) in [6.45, 7) is 0. The summed E-state index contributed by atoms with van der Waals surface area (Å²) in [7, 11) is 1.84. The zero-order valence-electron chi connectivity index (χ0n) is 9.65. The maximum absolute atomic E-state index is 12.3. The first kappa shape index (κ1) is 12.6. The molecule has 92 valence electrons. The molecule has 0 spiro atoms. The molecule has 0 aliphatic carbocycles. The predicted octanol–water partition coefficient (Wildman–Crippen LogP) is 2.50. The first-order chi connectivity index (χ1) is 8.09. The predicted molar refractivity (Wildman–Crippen MR) is 73.7 cm³/mol. The highest BCUT2D eigenvalue weighted by Gasteiger charge is 2.25. The Hall–Kier alpha value is -0.870. The van der Waals surface area contributed by atoms with Crippen LogP contribution in [0.1, 0.15) is 16.8 Å². The van der Waals surface area contributed by atoms with E-state index >= 15 is 0 Å². The summed E-state index contributed by atoms with van der Waals surface area (Å²) in [4.78, 5) is 14.0. The van der Waals surface area contributed by atoms with E-state index in [1.807, 2.05) is 18.8 Å². The Kier molecular flexibility index (Phi) is 3.84. The fraction of sp³-hybridized carbons (Fsp3) is 0.417. The number of nitrogens with two attached hydrogens (primary N) is 1. The number of thioether (sulfide) groups is 1. The van der Waals surface area contributed by atoms with Crippen LogP contribution in [0.2, 0.25) is 5.02 Å². The summed E-state index contributed by atoms with van der Waals surface area (Å²) < 4.78 is 0. The number of benzene rings is 1. The lowest BCUT2D eigenvalue weighted by molar-refractivity contribution is 0.0748. The van der Waals surface area contributed by atoms with Gasteiger partial charge in [0.1, 0.15) is 0 Å². The highest BCUT2D eigenvalue weighted by molar-refractivity contribution is 7.99. The van der Waals surface area contributed by atoms with Gasteiger partial charge in [-0.15, -0.1) is 0 Å². The van der Waals surface area contributed by atoms with Crippen molar-refractivity contribution in [2.75, 3.05) is 24.3 Å². The van der Waals surface area contributed by atoms with Crippen molar-refractivity contribution in [3.8, 4) is 0 Å². The summed E-state index contributed by atoms with van der Waals surface area (Å²) in [5.74, 6) is 2.11. The molecule has 2 N–H and O–H groups in total. The van der Waals surface area contributed by atoms with Crippen molar-refractivity contribution in [2.24, 2.45) is 0 Å². The van der Waals surface area contributed by atoms with Crippen LogP contribution in [0.5, 0.6) is 0 Å². The molecule has 5 heteroatoms. The molecule has 1 heterocycles. The monoisotopic (exact) mass is 270 g/mol. The van der Waals surface area contributed by atoms with Crippen LogP contribution in [-0.4, -0.2) is 35.4 Å². The smallest absolute Gasteiger partial charge is 0.255 e. The molecule has 1 aromatic carbocycles. The number of anilines is 1. The number of nitrogens with zero attached hydrogens (tertiary/aromatic N) is 1. The van der Waals surface area contributed by atoms with Gasteiger partial charge in [-0.25, -0.2) is 0 Å². The molecule has 0 bridgehead atoms. The second kappa shape index (κ2) is 5.19. The van der Waals surface area contributed by atoms with Crippen LogP contribution in [0, 0.1) is 0 Å². The van der Waals surface area contributed by atoms with Gasteiger partial charge in [0.2, 0.25) is 0 Å². The number of rotatable bonds is 2. The second-order valence-electron chi connectivity index (χ2n) is 4.17. The van der Waals surface area contributed by atoms with Crippen molar-refractivity contribution in [3.63, 3.8) is 0 Å². The number of amides is 1. The molecule has 17 heavy (non-hydrogen) atoms. The van der Waals surface area contributed by atoms with Crippen LogP contribution in [0.25, 0.3) is 0 Å². The number of hydrogen-bond acceptors (Lipinski definition) is 3. The second-order valence-corrected chi connectivity index (χ2v) is 5.73. The van der Waals surface area contributed by atoms with Crippen LogP contribution in [0.15, 0.2) is 18.2 Å². The Morgan fingerprint density at radius 2 is 2.35 bits per heavy atom. The lowest BCUT2D eigenvalue weighted by Crippen LogP contribution is -2.37. The van der Waals surface area contributed by atoms with Gasteiger partial charge in [0.05, 0.1) is 10.6 Å². The summed E-state index contributed by atoms with van der Waals surface area (Å²) in [5.41, 5.74) is 6.72. The molecule has 1 unspecified atom stereocenters. The van der Waals surface area contributed by atoms with Crippen molar-refractivity contribution in [1.82, 2.24) is 4.90 Å². The average molecular weight is 271 g/mol. The summed E-state index contributed by atoms with van der Waals surface area (Å²) in [6.07, 6.45) is 1.06. The van der Waals surface area contributed by atoms with Gasteiger partial charge < -0.3 is 10.6 Å². The Labute approximate surface area is 110 Å². The van der Waals surface area contributed by atoms with E-state index < -0.39 is 0 Å². The largest absolute Gasteiger partial charge is 0.399 e. The molecule has 1 atom stereocenters. The molecular weight excluding hydrogens is 256 g/mol. The third-order valence-corrected chi connectivity index (χ3v) is 4.45. The van der Waals surface area contributed by atoms with Crippen LogP contribution < -0.4 is 5.73 Å². The quantitative estimate of drug-likeness (QED) is 0.840. The molecule has 1 amide bonds. The highest BCUT2D eigenvalue weighted by Crippen LogP contribution is 2.25. The van der Waals surface area contributed by atoms with Crippen molar-refractivity contribution in [2.45, 2.75) is 12.5 Å². The van der Waals surface area contributed by atoms with Crippen molar-refractivity contribution in [3.05, 3.63) is 28.8 Å². The van der Waals surface area contributed by atoms with Gasteiger partial charge in [0.15, 0.2) is 0 Å². The summed E-state index contributed by atoms with van der Waals surface area (Å²) in [6, 6.07) is 5.34. The van der Waals surface area contributed by atoms with Gasteiger partial charge >= 0.3 is 0 Å². The number of halogens is 1. The summed E-state index contributed by atoms with van der Waals surface area (Å²) >= 11 is 7.93. The number of hydrogen-bond donors (Lipinski definition) is 1. The molecule has 0 saturated carbocycles. The van der Waals surface area contributed by atoms with Crippen LogP contribution in [-0.2, 0) is 0 Å². The lowest BCUT2D eigenvalue weighted by atomic mass is 10.1. The maximum atomic E-state index is 12.3. The van der Waals surface area contributed by atoms with Gasteiger partial charge in [0, 0.05) is 24.5 Å². The molecule has 1 saturated heterocycles. The Bertz CT molecular complexity index is 433. The average Bonchev–Trinajstić information content (AvgIpc) is 2.80. The zero-order valence-corrected chi connectivity index (χ0v) is 11.2. The van der Waals surface area contributed by atoms with E-state index in [1.165, 1.54) is 0 Å². The fourth-order valence-electron chi connectivity index (χ4n) is 1.89. The minimum atomic E-state index is -0.0255. The van der Waals surface area contributed by atoms with E-state index in [0.717, 1.165) is 17.9 Å². The van der Waals surface area contributed by atoms with Crippen molar-refractivity contribution < 1.29 is 4.79 Å². The van der Waals surface area contributed by atoms with Gasteiger partial charge in [-0.2, -0.15) is 11.8 Å². The molecule has 1 fully saturated rings. The van der Waals surface area contributed by atoms with Crippen molar-refractivity contribution >= 4 is 35.0 Å². The van der Waals surface area contributed by atoms with Crippen LogP contribution >= 0.6 is 23.4 Å². The molecule has 3 nitrogen and oxygen atoms in total. The minimum absolute atomic E-state index is 0.0255. The van der Waals surface area contributed by atoms with Crippen molar-refractivity contribution in [1.29, 1.82) is 0 Å². The highest BCUT2D eigenvalue weighted by atomic mass is 35.5. The first-order valence-corrected chi connectivity index (χ1v) is 7.03. The Morgan fingerprint density at radius 1 is 1.59 bits per heavy atom. The topological polar surface area (TPSA) is 46.3 Å². The zero-order chi connectivity index (χ0) is 12.4. The molecule has 1 aliphatic rings. The van der Waals surface area contributed by atoms with E-state index in [9.17, 15) is 4.79 Å². The Morgan fingerprint density at radius 3 is 2.94 bits per heavy atom. The first-order valence-electron chi connectivity index (χ1n) is 5.49. The third-order valence-electron chi connectivity index (χ3n) is 3.00. The SMILES string of the molecule is CN(C(=O)c1ccc(N)cc1Cl)C1CCSC1. The van der Waals surface area contributed by atoms with Gasteiger partial charge in [-0.05, 0) is 30.4 Å². The molecular formula is C12H15ClN2OS. The van der Waals surface area contributed by atoms with E-state index in [1.54, 1.807) is 23.1 Å². The molecule has 0 radical (unpaired) electrons. The van der Waals surface area contributed by atoms with Crippen LogP contribution in [0.3, 0.4) is 0 Å². The Balaban J connectivity index is 2.18. The maximum Gasteiger partial charge on any atom is 0.255 e.